The highest BCUT2D eigenvalue weighted by Gasteiger charge is 2.04. The number of aliphatic hydroxyl groups is 1. The lowest BCUT2D eigenvalue weighted by molar-refractivity contribution is 0.311. The first-order valence-electron chi connectivity index (χ1n) is 5.22. The van der Waals surface area contributed by atoms with Crippen molar-refractivity contribution in [2.75, 3.05) is 24.2 Å². The highest BCUT2D eigenvalue weighted by Crippen LogP contribution is 2.28. The van der Waals surface area contributed by atoms with Crippen LogP contribution in [0.2, 0.25) is 0 Å². The van der Waals surface area contributed by atoms with Crippen LogP contribution in [0.15, 0.2) is 24.4 Å². The van der Waals surface area contributed by atoms with Crippen LogP contribution < -0.4 is 11.1 Å². The summed E-state index contributed by atoms with van der Waals surface area (Å²) in [6.07, 6.45) is 1.78. The van der Waals surface area contributed by atoms with Crippen LogP contribution in [0, 0.1) is 6.92 Å². The molecule has 4 N–H and O–H groups in total. The second-order valence-corrected chi connectivity index (χ2v) is 3.72. The summed E-state index contributed by atoms with van der Waals surface area (Å²) in [4.78, 5) is 4.23. The molecule has 1 heterocycles. The summed E-state index contributed by atoms with van der Waals surface area (Å²) in [6, 6.07) is 5.76. The van der Waals surface area contributed by atoms with Gasteiger partial charge in [0.1, 0.15) is 0 Å². The highest BCUT2D eigenvalue weighted by atomic mass is 16.3. The van der Waals surface area contributed by atoms with Gasteiger partial charge >= 0.3 is 0 Å². The first-order chi connectivity index (χ1) is 7.72. The molecule has 0 saturated heterocycles. The van der Waals surface area contributed by atoms with E-state index < -0.39 is 0 Å². The lowest BCUT2D eigenvalue weighted by atomic mass is 10.1. The number of aryl methyl sites for hydroxylation is 1. The van der Waals surface area contributed by atoms with E-state index in [1.165, 1.54) is 0 Å². The molecule has 0 unspecified atom stereocenters. The Hall–Kier alpha value is -1.81. The summed E-state index contributed by atoms with van der Waals surface area (Å²) >= 11 is 0. The molecular weight excluding hydrogens is 202 g/mol. The second-order valence-electron chi connectivity index (χ2n) is 3.72. The molecule has 16 heavy (non-hydrogen) atoms. The van der Waals surface area contributed by atoms with Gasteiger partial charge in [-0.2, -0.15) is 0 Å². The van der Waals surface area contributed by atoms with Crippen LogP contribution in [0.25, 0.3) is 10.8 Å². The number of nitrogen functional groups attached to an aromatic ring is 1. The summed E-state index contributed by atoms with van der Waals surface area (Å²) in [5.74, 6) is 0. The van der Waals surface area contributed by atoms with E-state index in [1.54, 1.807) is 6.20 Å². The first kappa shape index (κ1) is 10.7. The second kappa shape index (κ2) is 4.37. The molecule has 4 heteroatoms. The van der Waals surface area contributed by atoms with E-state index in [1.807, 2.05) is 25.1 Å². The summed E-state index contributed by atoms with van der Waals surface area (Å²) in [7, 11) is 0. The smallest absolute Gasteiger partial charge is 0.0604 e. The maximum atomic E-state index is 8.81. The van der Waals surface area contributed by atoms with Crippen LogP contribution in [-0.2, 0) is 0 Å². The van der Waals surface area contributed by atoms with E-state index in [9.17, 15) is 0 Å². The lowest BCUT2D eigenvalue weighted by Crippen LogP contribution is -2.06. The highest BCUT2D eigenvalue weighted by molar-refractivity contribution is 6.00. The van der Waals surface area contributed by atoms with Gasteiger partial charge < -0.3 is 16.2 Å². The van der Waals surface area contributed by atoms with Crippen molar-refractivity contribution in [3.8, 4) is 0 Å². The molecule has 0 aliphatic carbocycles. The number of fused-ring (bicyclic) bond motifs is 1. The Balaban J connectivity index is 2.56. The summed E-state index contributed by atoms with van der Waals surface area (Å²) < 4.78 is 0. The molecule has 0 aliphatic rings. The van der Waals surface area contributed by atoms with Gasteiger partial charge in [-0.1, -0.05) is 0 Å². The average molecular weight is 217 g/mol. The van der Waals surface area contributed by atoms with E-state index in [4.69, 9.17) is 10.8 Å². The largest absolute Gasteiger partial charge is 0.398 e. The van der Waals surface area contributed by atoms with Gasteiger partial charge in [0.05, 0.1) is 6.61 Å². The van der Waals surface area contributed by atoms with E-state index in [0.29, 0.717) is 6.54 Å². The normalized spacial score (nSPS) is 10.6. The van der Waals surface area contributed by atoms with Gasteiger partial charge in [0, 0.05) is 40.6 Å². The molecule has 0 bridgehead atoms. The predicted molar refractivity (Wildman–Crippen MR) is 66.5 cm³/mol. The average Bonchev–Trinajstić information content (AvgIpc) is 2.28. The third kappa shape index (κ3) is 1.92. The number of pyridine rings is 1. The number of nitrogens with two attached hydrogens (primary N) is 1. The number of nitrogens with zero attached hydrogens (tertiary/aromatic N) is 1. The fraction of sp³-hybridized carbons (Fsp3) is 0.250. The van der Waals surface area contributed by atoms with Crippen molar-refractivity contribution in [3.63, 3.8) is 0 Å². The molecule has 0 spiro atoms. The Bertz CT molecular complexity index is 511. The zero-order valence-electron chi connectivity index (χ0n) is 9.20. The molecule has 0 fully saturated rings. The van der Waals surface area contributed by atoms with Gasteiger partial charge in [0.25, 0.3) is 0 Å². The molecule has 0 radical (unpaired) electrons. The molecule has 0 amide bonds. The van der Waals surface area contributed by atoms with Crippen LogP contribution in [-0.4, -0.2) is 23.2 Å². The Kier molecular flexibility index (Phi) is 2.92. The van der Waals surface area contributed by atoms with Gasteiger partial charge in [0.2, 0.25) is 0 Å². The quantitative estimate of drug-likeness (QED) is 0.682. The van der Waals surface area contributed by atoms with Crippen LogP contribution >= 0.6 is 0 Å². The third-order valence-corrected chi connectivity index (χ3v) is 2.50. The van der Waals surface area contributed by atoms with Crippen LogP contribution in [0.3, 0.4) is 0 Å². The molecule has 84 valence electrons. The number of hydrogen-bond acceptors (Lipinski definition) is 4. The van der Waals surface area contributed by atoms with Gasteiger partial charge in [-0.05, 0) is 25.1 Å². The van der Waals surface area contributed by atoms with Gasteiger partial charge in [-0.3, -0.25) is 4.98 Å². The van der Waals surface area contributed by atoms with Crippen molar-refractivity contribution in [2.24, 2.45) is 0 Å². The van der Waals surface area contributed by atoms with Crippen LogP contribution in [0.1, 0.15) is 5.69 Å². The lowest BCUT2D eigenvalue weighted by Gasteiger charge is -2.10. The Morgan fingerprint density at radius 2 is 2.19 bits per heavy atom. The number of nitrogens with one attached hydrogen (secondary N) is 1. The molecular formula is C12H15N3O. The van der Waals surface area contributed by atoms with E-state index in [2.05, 4.69) is 10.3 Å². The topological polar surface area (TPSA) is 71.2 Å². The maximum absolute atomic E-state index is 8.81. The van der Waals surface area contributed by atoms with Crippen molar-refractivity contribution < 1.29 is 5.11 Å². The van der Waals surface area contributed by atoms with Crippen molar-refractivity contribution in [2.45, 2.75) is 6.92 Å². The molecule has 2 aromatic rings. The molecule has 4 nitrogen and oxygen atoms in total. The van der Waals surface area contributed by atoms with Crippen molar-refractivity contribution in [3.05, 3.63) is 30.1 Å². The standard InChI is InChI=1S/C12H15N3O/c1-8-6-9-10(7-15-8)11(13)2-3-12(9)14-4-5-16/h2-3,6-7,14,16H,4-5,13H2,1H3. The molecule has 1 aromatic heterocycles. The van der Waals surface area contributed by atoms with Crippen LogP contribution in [0.5, 0.6) is 0 Å². The molecule has 2 rings (SSSR count). The first-order valence-corrected chi connectivity index (χ1v) is 5.22. The number of anilines is 2. The van der Waals surface area contributed by atoms with Gasteiger partial charge in [-0.15, -0.1) is 0 Å². The minimum Gasteiger partial charge on any atom is -0.398 e. The van der Waals surface area contributed by atoms with Crippen molar-refractivity contribution in [1.82, 2.24) is 4.98 Å². The fourth-order valence-electron chi connectivity index (χ4n) is 1.71. The molecule has 0 atom stereocenters. The molecule has 0 aliphatic heterocycles. The minimum atomic E-state index is 0.107. The van der Waals surface area contributed by atoms with E-state index in [-0.39, 0.29) is 6.61 Å². The zero-order valence-corrected chi connectivity index (χ0v) is 9.20. The maximum Gasteiger partial charge on any atom is 0.0604 e. The Labute approximate surface area is 94.1 Å². The number of aliphatic hydroxyl groups excluding tert-OH is 1. The zero-order chi connectivity index (χ0) is 11.5. The number of rotatable bonds is 3. The number of aromatic nitrogens is 1. The SMILES string of the molecule is Cc1cc2c(NCCO)ccc(N)c2cn1. The van der Waals surface area contributed by atoms with E-state index >= 15 is 0 Å². The molecule has 0 saturated carbocycles. The number of hydrogen-bond donors (Lipinski definition) is 3. The predicted octanol–water partition coefficient (Wildman–Crippen LogP) is 1.53. The monoisotopic (exact) mass is 217 g/mol. The fourth-order valence-corrected chi connectivity index (χ4v) is 1.71. The summed E-state index contributed by atoms with van der Waals surface area (Å²) in [5, 5.41) is 13.9. The van der Waals surface area contributed by atoms with Crippen LogP contribution in [0.4, 0.5) is 11.4 Å². The Morgan fingerprint density at radius 3 is 2.94 bits per heavy atom. The van der Waals surface area contributed by atoms with E-state index in [0.717, 1.165) is 27.8 Å². The third-order valence-electron chi connectivity index (χ3n) is 2.50. The van der Waals surface area contributed by atoms with Crippen molar-refractivity contribution >= 4 is 22.1 Å². The number of benzene rings is 1. The van der Waals surface area contributed by atoms with Gasteiger partial charge in [0.15, 0.2) is 0 Å². The summed E-state index contributed by atoms with van der Waals surface area (Å²) in [5.41, 5.74) is 8.53. The molecule has 1 aromatic carbocycles. The Morgan fingerprint density at radius 1 is 1.38 bits per heavy atom. The summed E-state index contributed by atoms with van der Waals surface area (Å²) in [6.45, 7) is 2.58. The minimum absolute atomic E-state index is 0.107. The van der Waals surface area contributed by atoms with Crippen molar-refractivity contribution in [1.29, 1.82) is 0 Å². The van der Waals surface area contributed by atoms with Gasteiger partial charge in [-0.25, -0.2) is 0 Å².